The molecule has 0 bridgehead atoms. The van der Waals surface area contributed by atoms with Gasteiger partial charge in [-0.05, 0) is 33.6 Å². The summed E-state index contributed by atoms with van der Waals surface area (Å²) < 4.78 is 3.91. The van der Waals surface area contributed by atoms with Crippen LogP contribution in [0, 0.1) is 20.8 Å². The molecule has 0 aromatic carbocycles. The number of aryl methyl sites for hydroxylation is 3. The normalized spacial score (nSPS) is 15.1. The summed E-state index contributed by atoms with van der Waals surface area (Å²) in [4.78, 5) is 4.83. The largest absolute Gasteiger partial charge is 0.354 e. The molecule has 1 saturated carbocycles. The topological polar surface area (TPSA) is 85.0 Å². The number of rotatable bonds is 5. The van der Waals surface area contributed by atoms with Gasteiger partial charge in [-0.2, -0.15) is 5.10 Å². The molecule has 1 fully saturated rings. The van der Waals surface area contributed by atoms with Gasteiger partial charge in [0.15, 0.2) is 11.8 Å². The van der Waals surface area contributed by atoms with Gasteiger partial charge in [0.05, 0.1) is 18.8 Å². The number of nitrogens with zero attached hydrogens (tertiary/aromatic N) is 6. The first-order valence-corrected chi connectivity index (χ1v) is 9.34. The Balaban J connectivity index is 0.00000261. The average Bonchev–Trinajstić information content (AvgIpc) is 3.28. The van der Waals surface area contributed by atoms with E-state index in [2.05, 4.69) is 32.9 Å². The summed E-state index contributed by atoms with van der Waals surface area (Å²) in [5.41, 5.74) is 3.39. The molecule has 1 aliphatic carbocycles. The van der Waals surface area contributed by atoms with Crippen molar-refractivity contribution in [1.29, 1.82) is 0 Å². The molecule has 27 heavy (non-hydrogen) atoms. The van der Waals surface area contributed by atoms with E-state index in [0.717, 1.165) is 29.0 Å². The van der Waals surface area contributed by atoms with Gasteiger partial charge < -0.3 is 15.2 Å². The third kappa shape index (κ3) is 5.20. The van der Waals surface area contributed by atoms with Crippen LogP contribution in [0.5, 0.6) is 0 Å². The lowest BCUT2D eigenvalue weighted by Gasteiger charge is -2.17. The number of hydrogen-bond donors (Lipinski definition) is 2. The lowest BCUT2D eigenvalue weighted by Crippen LogP contribution is -2.42. The van der Waals surface area contributed by atoms with Crippen LogP contribution < -0.4 is 10.6 Å². The molecule has 2 aromatic rings. The van der Waals surface area contributed by atoms with Crippen LogP contribution in [0.3, 0.4) is 0 Å². The van der Waals surface area contributed by atoms with E-state index in [1.807, 2.05) is 37.2 Å². The van der Waals surface area contributed by atoms with E-state index in [-0.39, 0.29) is 24.0 Å². The number of nitrogens with one attached hydrogen (secondary N) is 2. The van der Waals surface area contributed by atoms with Gasteiger partial charge in [0.2, 0.25) is 0 Å². The van der Waals surface area contributed by atoms with E-state index in [1.165, 1.54) is 31.2 Å². The minimum Gasteiger partial charge on any atom is -0.354 e. The number of halogens is 1. The second-order valence-electron chi connectivity index (χ2n) is 7.14. The van der Waals surface area contributed by atoms with Crippen molar-refractivity contribution in [3.05, 3.63) is 28.6 Å². The lowest BCUT2D eigenvalue weighted by atomic mass is 10.2. The summed E-state index contributed by atoms with van der Waals surface area (Å²) in [6.07, 6.45) is 4.98. The Hall–Kier alpha value is -1.65. The monoisotopic (exact) mass is 486 g/mol. The van der Waals surface area contributed by atoms with Crippen LogP contribution >= 0.6 is 24.0 Å². The van der Waals surface area contributed by atoms with Crippen LogP contribution in [0.4, 0.5) is 0 Å². The maximum atomic E-state index is 4.83. The molecule has 8 nitrogen and oxygen atoms in total. The predicted molar refractivity (Wildman–Crippen MR) is 117 cm³/mol. The van der Waals surface area contributed by atoms with E-state index >= 15 is 0 Å². The number of hydrogen-bond acceptors (Lipinski definition) is 4. The molecular formula is C18H31IN8. The van der Waals surface area contributed by atoms with Crippen molar-refractivity contribution in [3.8, 4) is 0 Å². The molecule has 0 radical (unpaired) electrons. The van der Waals surface area contributed by atoms with Crippen molar-refractivity contribution in [2.75, 3.05) is 0 Å². The second-order valence-corrected chi connectivity index (χ2v) is 7.14. The summed E-state index contributed by atoms with van der Waals surface area (Å²) in [5.74, 6) is 2.64. The van der Waals surface area contributed by atoms with Crippen LogP contribution in [-0.4, -0.2) is 36.5 Å². The van der Waals surface area contributed by atoms with Crippen LogP contribution in [0.25, 0.3) is 0 Å². The van der Waals surface area contributed by atoms with Crippen molar-refractivity contribution in [3.63, 3.8) is 0 Å². The first-order valence-electron chi connectivity index (χ1n) is 9.34. The molecule has 1 aliphatic rings. The minimum absolute atomic E-state index is 0. The van der Waals surface area contributed by atoms with Crippen molar-refractivity contribution in [2.24, 2.45) is 19.1 Å². The Morgan fingerprint density at radius 3 is 2.41 bits per heavy atom. The summed E-state index contributed by atoms with van der Waals surface area (Å²) in [6, 6.07) is 0.499. The summed E-state index contributed by atoms with van der Waals surface area (Å²) in [5, 5.41) is 19.8. The Morgan fingerprint density at radius 1 is 1.15 bits per heavy atom. The van der Waals surface area contributed by atoms with Gasteiger partial charge in [0, 0.05) is 31.4 Å². The zero-order chi connectivity index (χ0) is 18.7. The maximum Gasteiger partial charge on any atom is 0.192 e. The molecule has 0 amide bonds. The van der Waals surface area contributed by atoms with Gasteiger partial charge in [0.25, 0.3) is 0 Å². The molecule has 3 rings (SSSR count). The molecule has 150 valence electrons. The predicted octanol–water partition coefficient (Wildman–Crippen LogP) is 2.27. The van der Waals surface area contributed by atoms with Crippen molar-refractivity contribution in [1.82, 2.24) is 35.2 Å². The number of aliphatic imine (C=N–C) groups is 1. The molecule has 0 saturated heterocycles. The Kier molecular flexibility index (Phi) is 7.63. The molecule has 2 heterocycles. The zero-order valence-electron chi connectivity index (χ0n) is 16.9. The SMILES string of the molecule is Cc1nn(C)c(C)c1CN=C(NCc1nnc(C)n1C)NC1CCCC1.I. The first kappa shape index (κ1) is 21.6. The highest BCUT2D eigenvalue weighted by molar-refractivity contribution is 14.0. The molecule has 0 atom stereocenters. The number of aromatic nitrogens is 5. The van der Waals surface area contributed by atoms with Gasteiger partial charge in [-0.25, -0.2) is 4.99 Å². The fraction of sp³-hybridized carbons (Fsp3) is 0.667. The van der Waals surface area contributed by atoms with Gasteiger partial charge in [-0.3, -0.25) is 4.68 Å². The maximum absolute atomic E-state index is 4.83. The van der Waals surface area contributed by atoms with Crippen molar-refractivity contribution >= 4 is 29.9 Å². The summed E-state index contributed by atoms with van der Waals surface area (Å²) in [7, 11) is 3.96. The zero-order valence-corrected chi connectivity index (χ0v) is 19.2. The molecule has 2 aromatic heterocycles. The fourth-order valence-electron chi connectivity index (χ4n) is 3.39. The highest BCUT2D eigenvalue weighted by Crippen LogP contribution is 2.18. The van der Waals surface area contributed by atoms with Crippen LogP contribution in [0.1, 0.15) is 54.3 Å². The van der Waals surface area contributed by atoms with E-state index in [9.17, 15) is 0 Å². The highest BCUT2D eigenvalue weighted by atomic mass is 127. The van der Waals surface area contributed by atoms with Crippen molar-refractivity contribution in [2.45, 2.75) is 65.6 Å². The second kappa shape index (κ2) is 9.52. The van der Waals surface area contributed by atoms with Crippen molar-refractivity contribution < 1.29 is 0 Å². The van der Waals surface area contributed by atoms with Gasteiger partial charge in [-0.1, -0.05) is 12.8 Å². The van der Waals surface area contributed by atoms with Crippen LogP contribution in [0.15, 0.2) is 4.99 Å². The standard InChI is InChI=1S/C18H30N8.HI/c1-12-16(13(2)26(5)24-12)10-19-18(21-15-8-6-7-9-15)20-11-17-23-22-14(3)25(17)4;/h15H,6-11H2,1-5H3,(H2,19,20,21);1H. The van der Waals surface area contributed by atoms with Gasteiger partial charge in [0.1, 0.15) is 5.82 Å². The third-order valence-corrected chi connectivity index (χ3v) is 5.35. The van der Waals surface area contributed by atoms with Gasteiger partial charge >= 0.3 is 0 Å². The lowest BCUT2D eigenvalue weighted by molar-refractivity contribution is 0.606. The Bertz CT molecular complexity index is 786. The van der Waals surface area contributed by atoms with E-state index < -0.39 is 0 Å². The quantitative estimate of drug-likeness (QED) is 0.385. The third-order valence-electron chi connectivity index (χ3n) is 5.35. The summed E-state index contributed by atoms with van der Waals surface area (Å²) in [6.45, 7) is 7.30. The number of guanidine groups is 1. The Labute approximate surface area is 178 Å². The smallest absolute Gasteiger partial charge is 0.192 e. The highest BCUT2D eigenvalue weighted by Gasteiger charge is 2.17. The van der Waals surface area contributed by atoms with Crippen LogP contribution in [-0.2, 0) is 27.2 Å². The average molecular weight is 486 g/mol. The van der Waals surface area contributed by atoms with Gasteiger partial charge in [-0.15, -0.1) is 34.2 Å². The van der Waals surface area contributed by atoms with E-state index in [4.69, 9.17) is 4.99 Å². The first-order chi connectivity index (χ1) is 12.5. The fourth-order valence-corrected chi connectivity index (χ4v) is 3.39. The van der Waals surface area contributed by atoms with E-state index in [0.29, 0.717) is 19.1 Å². The summed E-state index contributed by atoms with van der Waals surface area (Å²) >= 11 is 0. The Morgan fingerprint density at radius 2 is 1.85 bits per heavy atom. The van der Waals surface area contributed by atoms with Crippen LogP contribution in [0.2, 0.25) is 0 Å². The molecular weight excluding hydrogens is 455 g/mol. The molecule has 2 N–H and O–H groups in total. The molecule has 0 aliphatic heterocycles. The molecule has 9 heteroatoms. The minimum atomic E-state index is 0. The molecule has 0 spiro atoms. The van der Waals surface area contributed by atoms with E-state index in [1.54, 1.807) is 0 Å². The molecule has 0 unspecified atom stereocenters.